The lowest BCUT2D eigenvalue weighted by molar-refractivity contribution is -0.145. The van der Waals surface area contributed by atoms with Crippen molar-refractivity contribution in [2.45, 2.75) is 69.7 Å². The van der Waals surface area contributed by atoms with E-state index in [0.717, 1.165) is 30.4 Å². The van der Waals surface area contributed by atoms with E-state index in [2.05, 4.69) is 10.1 Å². The molecule has 1 saturated carbocycles. The molecular weight excluding hydrogens is 431 g/mol. The fourth-order valence-corrected chi connectivity index (χ4v) is 4.59. The third-order valence-corrected chi connectivity index (χ3v) is 6.39. The number of benzene rings is 1. The smallest absolute Gasteiger partial charge is 0.453 e. The van der Waals surface area contributed by atoms with Gasteiger partial charge >= 0.3 is 6.18 Å². The predicted octanol–water partition coefficient (Wildman–Crippen LogP) is 5.20. The lowest BCUT2D eigenvalue weighted by Gasteiger charge is -2.32. The van der Waals surface area contributed by atoms with Crippen LogP contribution in [-0.2, 0) is 19.8 Å². The van der Waals surface area contributed by atoms with Crippen LogP contribution in [0.1, 0.15) is 68.1 Å². The van der Waals surface area contributed by atoms with Crippen LogP contribution < -0.4 is 4.74 Å². The third kappa shape index (κ3) is 5.22. The molecule has 1 aliphatic carbocycles. The van der Waals surface area contributed by atoms with Crippen molar-refractivity contribution in [3.63, 3.8) is 0 Å². The van der Waals surface area contributed by atoms with Gasteiger partial charge in [0, 0.05) is 20.1 Å². The molecule has 10 heteroatoms. The Morgan fingerprint density at radius 1 is 1.00 bits per heavy atom. The molecule has 0 atom stereocenters. The zero-order valence-electron chi connectivity index (χ0n) is 18.0. The molecule has 1 aliphatic heterocycles. The van der Waals surface area contributed by atoms with Crippen molar-refractivity contribution in [2.24, 2.45) is 7.05 Å². The molecule has 0 amide bonds. The number of alkyl halides is 3. The van der Waals surface area contributed by atoms with E-state index in [4.69, 9.17) is 4.74 Å². The Morgan fingerprint density at radius 2 is 1.62 bits per heavy atom. The second-order valence-electron chi connectivity index (χ2n) is 8.71. The summed E-state index contributed by atoms with van der Waals surface area (Å²) in [6.45, 7) is 1.25. The Morgan fingerprint density at radius 3 is 2.19 bits per heavy atom. The molecule has 0 unspecified atom stereocenters. The number of hydrogen-bond acceptors (Lipinski definition) is 4. The van der Waals surface area contributed by atoms with E-state index in [0.29, 0.717) is 31.5 Å². The minimum Gasteiger partial charge on any atom is -0.484 e. The maximum absolute atomic E-state index is 14.6. The molecule has 0 bridgehead atoms. The molecule has 5 nitrogen and oxygen atoms in total. The molecule has 32 heavy (non-hydrogen) atoms. The van der Waals surface area contributed by atoms with Crippen molar-refractivity contribution in [3.05, 3.63) is 41.0 Å². The minimum atomic E-state index is -4.59. The van der Waals surface area contributed by atoms with Crippen molar-refractivity contribution in [1.82, 2.24) is 19.7 Å². The minimum absolute atomic E-state index is 0.198. The highest BCUT2D eigenvalue weighted by atomic mass is 19.4. The monoisotopic (exact) mass is 458 g/mol. The van der Waals surface area contributed by atoms with Gasteiger partial charge in [-0.3, -0.25) is 9.58 Å². The molecule has 176 valence electrons. The summed E-state index contributed by atoms with van der Waals surface area (Å²) < 4.78 is 74.4. The first-order valence-electron chi connectivity index (χ1n) is 11.1. The lowest BCUT2D eigenvalue weighted by Crippen LogP contribution is -2.38. The first-order valence-corrected chi connectivity index (χ1v) is 11.1. The van der Waals surface area contributed by atoms with E-state index in [1.54, 1.807) is 0 Å². The highest BCUT2D eigenvalue weighted by Gasteiger charge is 2.37. The summed E-state index contributed by atoms with van der Waals surface area (Å²) in [4.78, 5) is 5.52. The molecule has 0 radical (unpaired) electrons. The Kier molecular flexibility index (Phi) is 6.69. The van der Waals surface area contributed by atoms with Crippen LogP contribution in [-0.4, -0.2) is 38.9 Å². The van der Waals surface area contributed by atoms with Crippen molar-refractivity contribution >= 4 is 0 Å². The highest BCUT2D eigenvalue weighted by Crippen LogP contribution is 2.36. The molecule has 0 N–H and O–H groups in total. The van der Waals surface area contributed by atoms with E-state index >= 15 is 0 Å². The lowest BCUT2D eigenvalue weighted by atomic mass is 9.84. The Balaban J connectivity index is 1.34. The average Bonchev–Trinajstić information content (AvgIpc) is 3.13. The molecule has 2 aromatic rings. The quantitative estimate of drug-likeness (QED) is 0.578. The second-order valence-corrected chi connectivity index (χ2v) is 8.71. The molecule has 1 saturated heterocycles. The molecule has 2 fully saturated rings. The summed E-state index contributed by atoms with van der Waals surface area (Å²) in [5.41, 5.74) is 0.698. The Bertz CT molecular complexity index is 908. The van der Waals surface area contributed by atoms with Crippen LogP contribution in [0.2, 0.25) is 0 Å². The van der Waals surface area contributed by atoms with Crippen LogP contribution in [0.4, 0.5) is 22.0 Å². The van der Waals surface area contributed by atoms with Gasteiger partial charge in [-0.1, -0.05) is 19.3 Å². The molecule has 1 aromatic carbocycles. The molecule has 2 aliphatic rings. The number of aryl methyl sites for hydroxylation is 1. The van der Waals surface area contributed by atoms with Crippen LogP contribution >= 0.6 is 0 Å². The van der Waals surface area contributed by atoms with Gasteiger partial charge in [0.2, 0.25) is 0 Å². The van der Waals surface area contributed by atoms with Gasteiger partial charge in [0.15, 0.2) is 17.4 Å². The zero-order chi connectivity index (χ0) is 22.9. The van der Waals surface area contributed by atoms with Gasteiger partial charge < -0.3 is 4.74 Å². The van der Waals surface area contributed by atoms with Gasteiger partial charge in [-0.25, -0.2) is 13.8 Å². The molecular formula is C22H27F5N4O. The largest absolute Gasteiger partial charge is 0.484 e. The van der Waals surface area contributed by atoms with Gasteiger partial charge in [0.25, 0.3) is 5.82 Å². The molecule has 0 spiro atoms. The van der Waals surface area contributed by atoms with Crippen LogP contribution in [0.15, 0.2) is 12.1 Å². The van der Waals surface area contributed by atoms with Crippen molar-refractivity contribution in [2.75, 3.05) is 13.1 Å². The zero-order valence-corrected chi connectivity index (χ0v) is 18.0. The number of ether oxygens (including phenoxy) is 1. The van der Waals surface area contributed by atoms with Gasteiger partial charge in [-0.15, -0.1) is 5.10 Å². The second kappa shape index (κ2) is 9.33. The predicted molar refractivity (Wildman–Crippen MR) is 107 cm³/mol. The molecule has 1 aromatic heterocycles. The van der Waals surface area contributed by atoms with Crippen molar-refractivity contribution in [3.8, 4) is 5.75 Å². The van der Waals surface area contributed by atoms with Crippen LogP contribution in [0, 0.1) is 11.6 Å². The summed E-state index contributed by atoms with van der Waals surface area (Å²) in [7, 11) is 1.43. The maximum atomic E-state index is 14.6. The first-order chi connectivity index (χ1) is 15.2. The standard InChI is InChI=1S/C22H27F5N4O/c1-30-19(28-21(29-30)22(25,26)27)13-31-9-7-16(8-10-31)32-20-17(23)11-15(12-18(20)24)14-5-3-2-4-6-14/h11-12,14,16H,2-10,13H2,1H3. The molecule has 2 heterocycles. The van der Waals surface area contributed by atoms with Crippen LogP contribution in [0.25, 0.3) is 0 Å². The number of aromatic nitrogens is 3. The fourth-order valence-electron chi connectivity index (χ4n) is 4.59. The van der Waals surface area contributed by atoms with Crippen molar-refractivity contribution < 1.29 is 26.7 Å². The first kappa shape index (κ1) is 22.9. The number of piperidine rings is 1. The summed E-state index contributed by atoms with van der Waals surface area (Å²) in [6, 6.07) is 2.80. The van der Waals surface area contributed by atoms with E-state index in [1.807, 2.05) is 4.90 Å². The summed E-state index contributed by atoms with van der Waals surface area (Å²) in [6.07, 6.45) is 1.30. The highest BCUT2D eigenvalue weighted by molar-refractivity contribution is 5.33. The van der Waals surface area contributed by atoms with Crippen LogP contribution in [0.3, 0.4) is 0 Å². The van der Waals surface area contributed by atoms with Crippen molar-refractivity contribution in [1.29, 1.82) is 0 Å². The van der Waals surface area contributed by atoms with Gasteiger partial charge in [-0.05, 0) is 49.3 Å². The van der Waals surface area contributed by atoms with E-state index in [-0.39, 0.29) is 30.1 Å². The SMILES string of the molecule is Cn1nc(C(F)(F)F)nc1CN1CCC(Oc2c(F)cc(C3CCCCC3)cc2F)CC1. The summed E-state index contributed by atoms with van der Waals surface area (Å²) in [5.74, 6) is -2.43. The molecule has 4 rings (SSSR count). The van der Waals surface area contributed by atoms with E-state index < -0.39 is 23.6 Å². The summed E-state index contributed by atoms with van der Waals surface area (Å²) in [5, 5.41) is 3.42. The van der Waals surface area contributed by atoms with Gasteiger partial charge in [0.1, 0.15) is 11.9 Å². The normalized spacial score (nSPS) is 19.4. The average molecular weight is 458 g/mol. The third-order valence-electron chi connectivity index (χ3n) is 6.39. The topological polar surface area (TPSA) is 43.2 Å². The number of rotatable bonds is 5. The number of nitrogens with zero attached hydrogens (tertiary/aromatic N) is 4. The van der Waals surface area contributed by atoms with Crippen LogP contribution in [0.5, 0.6) is 5.75 Å². The number of hydrogen-bond donors (Lipinski definition) is 0. The Hall–Kier alpha value is -2.23. The van der Waals surface area contributed by atoms with Gasteiger partial charge in [0.05, 0.1) is 6.54 Å². The number of likely N-dealkylation sites (tertiary alicyclic amines) is 1. The maximum Gasteiger partial charge on any atom is 0.453 e. The Labute approximate surface area is 183 Å². The van der Waals surface area contributed by atoms with E-state index in [1.165, 1.54) is 25.6 Å². The summed E-state index contributed by atoms with van der Waals surface area (Å²) >= 11 is 0. The van der Waals surface area contributed by atoms with Gasteiger partial charge in [-0.2, -0.15) is 13.2 Å². The van der Waals surface area contributed by atoms with E-state index in [9.17, 15) is 22.0 Å². The number of halogens is 5. The fraction of sp³-hybridized carbons (Fsp3) is 0.636.